The summed E-state index contributed by atoms with van der Waals surface area (Å²) in [5.74, 6) is 0.764. The van der Waals surface area contributed by atoms with E-state index < -0.39 is 0 Å². The number of carbonyl (C=O) groups is 1. The summed E-state index contributed by atoms with van der Waals surface area (Å²) in [4.78, 5) is 22.8. The number of nitrogens with one attached hydrogen (secondary N) is 2. The molecule has 2 aromatic rings. The van der Waals surface area contributed by atoms with Gasteiger partial charge in [0, 0.05) is 37.8 Å². The SMILES string of the molecule is Cc1cncc(C(=O)NCCc2ncc[nH]2)c1. The molecule has 0 saturated carbocycles. The third-order valence-corrected chi connectivity index (χ3v) is 2.34. The van der Waals surface area contributed by atoms with Crippen LogP contribution in [0.25, 0.3) is 0 Å². The molecule has 0 saturated heterocycles. The summed E-state index contributed by atoms with van der Waals surface area (Å²) in [6, 6.07) is 1.81. The second kappa shape index (κ2) is 5.25. The molecule has 0 fully saturated rings. The maximum absolute atomic E-state index is 11.7. The van der Waals surface area contributed by atoms with Crippen molar-refractivity contribution in [1.29, 1.82) is 0 Å². The third-order valence-electron chi connectivity index (χ3n) is 2.34. The van der Waals surface area contributed by atoms with Crippen LogP contribution in [-0.4, -0.2) is 27.4 Å². The lowest BCUT2D eigenvalue weighted by molar-refractivity contribution is 0.0953. The number of aryl methyl sites for hydroxylation is 1. The van der Waals surface area contributed by atoms with Crippen LogP contribution in [0.15, 0.2) is 30.9 Å². The zero-order valence-electron chi connectivity index (χ0n) is 9.60. The minimum atomic E-state index is -0.104. The predicted octanol–water partition coefficient (Wildman–Crippen LogP) is 1.09. The maximum Gasteiger partial charge on any atom is 0.252 e. The number of hydrogen-bond donors (Lipinski definition) is 2. The standard InChI is InChI=1S/C12H14N4O/c1-9-6-10(8-13-7-9)12(17)16-3-2-11-14-4-5-15-11/h4-8H,2-3H2,1H3,(H,14,15)(H,16,17). The molecule has 2 aromatic heterocycles. The minimum absolute atomic E-state index is 0.104. The van der Waals surface area contributed by atoms with Crippen molar-refractivity contribution < 1.29 is 4.79 Å². The monoisotopic (exact) mass is 230 g/mol. The van der Waals surface area contributed by atoms with Crippen LogP contribution in [0.5, 0.6) is 0 Å². The zero-order chi connectivity index (χ0) is 12.1. The zero-order valence-corrected chi connectivity index (χ0v) is 9.60. The number of hydrogen-bond acceptors (Lipinski definition) is 3. The molecule has 0 spiro atoms. The first kappa shape index (κ1) is 11.3. The lowest BCUT2D eigenvalue weighted by Gasteiger charge is -2.04. The van der Waals surface area contributed by atoms with Crippen LogP contribution in [0.1, 0.15) is 21.7 Å². The minimum Gasteiger partial charge on any atom is -0.352 e. The number of H-pyrrole nitrogens is 1. The van der Waals surface area contributed by atoms with Gasteiger partial charge < -0.3 is 10.3 Å². The number of nitrogens with zero attached hydrogens (tertiary/aromatic N) is 2. The van der Waals surface area contributed by atoms with E-state index in [-0.39, 0.29) is 5.91 Å². The van der Waals surface area contributed by atoms with E-state index in [1.54, 1.807) is 24.8 Å². The molecule has 0 unspecified atom stereocenters. The summed E-state index contributed by atoms with van der Waals surface area (Å²) in [6.45, 7) is 2.47. The summed E-state index contributed by atoms with van der Waals surface area (Å²) < 4.78 is 0. The van der Waals surface area contributed by atoms with Crippen LogP contribution in [0.2, 0.25) is 0 Å². The van der Waals surface area contributed by atoms with E-state index in [2.05, 4.69) is 20.3 Å². The van der Waals surface area contributed by atoms with Crippen LogP contribution >= 0.6 is 0 Å². The molecule has 0 atom stereocenters. The lowest BCUT2D eigenvalue weighted by Crippen LogP contribution is -2.26. The van der Waals surface area contributed by atoms with Gasteiger partial charge in [-0.2, -0.15) is 0 Å². The fourth-order valence-corrected chi connectivity index (χ4v) is 1.51. The second-order valence-corrected chi connectivity index (χ2v) is 3.79. The third kappa shape index (κ3) is 3.14. The molecule has 5 nitrogen and oxygen atoms in total. The van der Waals surface area contributed by atoms with E-state index in [1.807, 2.05) is 13.0 Å². The average molecular weight is 230 g/mol. The molecule has 0 radical (unpaired) electrons. The smallest absolute Gasteiger partial charge is 0.252 e. The molecule has 0 bridgehead atoms. The van der Waals surface area contributed by atoms with Crippen molar-refractivity contribution in [3.63, 3.8) is 0 Å². The normalized spacial score (nSPS) is 10.2. The number of amides is 1. The van der Waals surface area contributed by atoms with E-state index in [0.717, 1.165) is 11.4 Å². The Morgan fingerprint density at radius 3 is 3.06 bits per heavy atom. The Bertz CT molecular complexity index is 493. The Hall–Kier alpha value is -2.17. The quantitative estimate of drug-likeness (QED) is 0.825. The van der Waals surface area contributed by atoms with Gasteiger partial charge in [0.05, 0.1) is 5.56 Å². The Kier molecular flexibility index (Phi) is 3.49. The molecular weight excluding hydrogens is 216 g/mol. The number of pyridine rings is 1. The van der Waals surface area contributed by atoms with Gasteiger partial charge in [0.15, 0.2) is 0 Å². The summed E-state index contributed by atoms with van der Waals surface area (Å²) in [7, 11) is 0. The van der Waals surface area contributed by atoms with Crippen LogP contribution in [-0.2, 0) is 6.42 Å². The van der Waals surface area contributed by atoms with Gasteiger partial charge in [0.25, 0.3) is 5.91 Å². The van der Waals surface area contributed by atoms with Gasteiger partial charge in [0.1, 0.15) is 5.82 Å². The summed E-state index contributed by atoms with van der Waals surface area (Å²) in [5.41, 5.74) is 1.56. The molecule has 2 N–H and O–H groups in total. The first-order chi connectivity index (χ1) is 8.25. The van der Waals surface area contributed by atoms with Gasteiger partial charge in [-0.05, 0) is 18.6 Å². The highest BCUT2D eigenvalue weighted by molar-refractivity contribution is 5.93. The molecule has 88 valence electrons. The summed E-state index contributed by atoms with van der Waals surface area (Å²) >= 11 is 0. The highest BCUT2D eigenvalue weighted by atomic mass is 16.1. The predicted molar refractivity (Wildman–Crippen MR) is 63.6 cm³/mol. The highest BCUT2D eigenvalue weighted by Crippen LogP contribution is 2.00. The van der Waals surface area contributed by atoms with Gasteiger partial charge in [-0.3, -0.25) is 9.78 Å². The van der Waals surface area contributed by atoms with Gasteiger partial charge >= 0.3 is 0 Å². The largest absolute Gasteiger partial charge is 0.352 e. The number of imidazole rings is 1. The van der Waals surface area contributed by atoms with Crippen molar-refractivity contribution in [3.8, 4) is 0 Å². The summed E-state index contributed by atoms with van der Waals surface area (Å²) in [5, 5.41) is 2.83. The van der Waals surface area contributed by atoms with Crippen LogP contribution in [0, 0.1) is 6.92 Å². The first-order valence-electron chi connectivity index (χ1n) is 5.44. The Balaban J connectivity index is 1.85. The average Bonchev–Trinajstić information content (AvgIpc) is 2.82. The topological polar surface area (TPSA) is 70.7 Å². The molecule has 0 aliphatic carbocycles. The van der Waals surface area contributed by atoms with Crippen LogP contribution in [0.4, 0.5) is 0 Å². The van der Waals surface area contributed by atoms with E-state index >= 15 is 0 Å². The number of rotatable bonds is 4. The fourth-order valence-electron chi connectivity index (χ4n) is 1.51. The Labute approximate surface area is 99.3 Å². The lowest BCUT2D eigenvalue weighted by atomic mass is 10.2. The van der Waals surface area contributed by atoms with Gasteiger partial charge in [0.2, 0.25) is 0 Å². The van der Waals surface area contributed by atoms with E-state index in [9.17, 15) is 4.79 Å². The van der Waals surface area contributed by atoms with Crippen molar-refractivity contribution >= 4 is 5.91 Å². The second-order valence-electron chi connectivity index (χ2n) is 3.79. The van der Waals surface area contributed by atoms with Crippen molar-refractivity contribution in [2.75, 3.05) is 6.54 Å². The fraction of sp³-hybridized carbons (Fsp3) is 0.250. The summed E-state index contributed by atoms with van der Waals surface area (Å²) in [6.07, 6.45) is 7.44. The number of aromatic nitrogens is 3. The molecular formula is C12H14N4O. The van der Waals surface area contributed by atoms with E-state index in [1.165, 1.54) is 0 Å². The van der Waals surface area contributed by atoms with E-state index in [0.29, 0.717) is 18.5 Å². The Morgan fingerprint density at radius 1 is 1.47 bits per heavy atom. The van der Waals surface area contributed by atoms with Gasteiger partial charge in [-0.1, -0.05) is 0 Å². The van der Waals surface area contributed by atoms with Crippen LogP contribution in [0.3, 0.4) is 0 Å². The molecule has 1 amide bonds. The maximum atomic E-state index is 11.7. The molecule has 0 aliphatic rings. The first-order valence-corrected chi connectivity index (χ1v) is 5.44. The molecule has 0 aromatic carbocycles. The number of aromatic amines is 1. The highest BCUT2D eigenvalue weighted by Gasteiger charge is 2.05. The van der Waals surface area contributed by atoms with Crippen LogP contribution < -0.4 is 5.32 Å². The van der Waals surface area contributed by atoms with E-state index in [4.69, 9.17) is 0 Å². The molecule has 0 aliphatic heterocycles. The van der Waals surface area contributed by atoms with Crippen molar-refractivity contribution in [3.05, 3.63) is 47.8 Å². The molecule has 17 heavy (non-hydrogen) atoms. The van der Waals surface area contributed by atoms with Crippen molar-refractivity contribution in [2.24, 2.45) is 0 Å². The molecule has 2 rings (SSSR count). The van der Waals surface area contributed by atoms with Crippen molar-refractivity contribution in [2.45, 2.75) is 13.3 Å². The van der Waals surface area contributed by atoms with Gasteiger partial charge in [-0.25, -0.2) is 4.98 Å². The Morgan fingerprint density at radius 2 is 2.35 bits per heavy atom. The van der Waals surface area contributed by atoms with Crippen molar-refractivity contribution in [1.82, 2.24) is 20.3 Å². The number of carbonyl (C=O) groups excluding carboxylic acids is 1. The molecule has 5 heteroatoms. The molecule has 2 heterocycles. The van der Waals surface area contributed by atoms with Gasteiger partial charge in [-0.15, -0.1) is 0 Å².